The number of carbonyl (C=O) groups excluding carboxylic acids is 1. The number of nitrogens with one attached hydrogen (secondary N) is 1. The molecule has 3 rings (SSSR count). The Balaban J connectivity index is 1.74. The molecule has 3 heterocycles. The molecule has 0 radical (unpaired) electrons. The molecule has 6 heteroatoms. The van der Waals surface area contributed by atoms with E-state index in [9.17, 15) is 4.79 Å². The average molecular weight is 293 g/mol. The van der Waals surface area contributed by atoms with Gasteiger partial charge in [-0.3, -0.25) is 9.78 Å². The van der Waals surface area contributed by atoms with Gasteiger partial charge in [0.05, 0.1) is 17.4 Å². The van der Waals surface area contributed by atoms with Gasteiger partial charge < -0.3 is 10.2 Å². The lowest BCUT2D eigenvalue weighted by Crippen LogP contribution is -2.47. The fraction of sp³-hybridized carbons (Fsp3) is 0.250. The molecular weight excluding hydrogens is 278 g/mol. The van der Waals surface area contributed by atoms with Crippen LogP contribution in [0.1, 0.15) is 18.4 Å². The van der Waals surface area contributed by atoms with E-state index in [0.29, 0.717) is 17.9 Å². The fourth-order valence-corrected chi connectivity index (χ4v) is 2.50. The largest absolute Gasteiger partial charge is 0.358 e. The summed E-state index contributed by atoms with van der Waals surface area (Å²) < 4.78 is 0. The Morgan fingerprint density at radius 1 is 1.32 bits per heavy atom. The van der Waals surface area contributed by atoms with Crippen LogP contribution in [-0.2, 0) is 4.79 Å². The van der Waals surface area contributed by atoms with Gasteiger partial charge in [-0.2, -0.15) is 5.26 Å². The van der Waals surface area contributed by atoms with E-state index in [4.69, 9.17) is 5.26 Å². The van der Waals surface area contributed by atoms with Gasteiger partial charge in [-0.25, -0.2) is 4.98 Å². The van der Waals surface area contributed by atoms with Crippen molar-refractivity contribution >= 4 is 17.4 Å². The average Bonchev–Trinajstić information content (AvgIpc) is 2.58. The quantitative estimate of drug-likeness (QED) is 0.935. The van der Waals surface area contributed by atoms with Crippen LogP contribution in [0.4, 0.5) is 11.5 Å². The van der Waals surface area contributed by atoms with E-state index in [0.717, 1.165) is 18.5 Å². The summed E-state index contributed by atoms with van der Waals surface area (Å²) >= 11 is 0. The van der Waals surface area contributed by atoms with Crippen LogP contribution in [0.5, 0.6) is 0 Å². The lowest BCUT2D eigenvalue weighted by atomic mass is 10.0. The third-order valence-electron chi connectivity index (χ3n) is 3.61. The molecule has 0 saturated carbocycles. The van der Waals surface area contributed by atoms with Gasteiger partial charge in [0.1, 0.15) is 17.9 Å². The second kappa shape index (κ2) is 6.22. The van der Waals surface area contributed by atoms with Crippen molar-refractivity contribution in [3.05, 3.63) is 48.4 Å². The Labute approximate surface area is 128 Å². The molecule has 6 nitrogen and oxygen atoms in total. The molecule has 1 aliphatic rings. The zero-order valence-electron chi connectivity index (χ0n) is 11.9. The molecular formula is C16H15N5O. The number of carbonyl (C=O) groups is 1. The maximum Gasteiger partial charge on any atom is 0.249 e. The van der Waals surface area contributed by atoms with Crippen molar-refractivity contribution in [3.8, 4) is 6.07 Å². The van der Waals surface area contributed by atoms with Crippen molar-refractivity contribution in [2.45, 2.75) is 18.9 Å². The van der Waals surface area contributed by atoms with Crippen molar-refractivity contribution in [2.75, 3.05) is 16.8 Å². The van der Waals surface area contributed by atoms with E-state index < -0.39 is 0 Å². The molecule has 1 fully saturated rings. The maximum atomic E-state index is 12.6. The Bertz CT molecular complexity index is 693. The summed E-state index contributed by atoms with van der Waals surface area (Å²) in [4.78, 5) is 22.6. The van der Waals surface area contributed by atoms with Crippen molar-refractivity contribution < 1.29 is 4.79 Å². The first-order chi connectivity index (χ1) is 10.8. The van der Waals surface area contributed by atoms with Crippen LogP contribution in [-0.4, -0.2) is 28.5 Å². The SMILES string of the molecule is N#Cc1ccc(NC2CCCN(c3cccnc3)C2=O)nc1. The summed E-state index contributed by atoms with van der Waals surface area (Å²) in [5.41, 5.74) is 1.31. The lowest BCUT2D eigenvalue weighted by molar-refractivity contribution is -0.120. The number of nitrogens with zero attached hydrogens (tertiary/aromatic N) is 4. The molecule has 0 spiro atoms. The Morgan fingerprint density at radius 2 is 2.23 bits per heavy atom. The first-order valence-electron chi connectivity index (χ1n) is 7.12. The second-order valence-electron chi connectivity index (χ2n) is 5.08. The zero-order chi connectivity index (χ0) is 15.4. The molecule has 1 unspecified atom stereocenters. The molecule has 1 N–H and O–H groups in total. The predicted octanol–water partition coefficient (Wildman–Crippen LogP) is 1.96. The van der Waals surface area contributed by atoms with Crippen LogP contribution < -0.4 is 10.2 Å². The molecule has 0 aromatic carbocycles. The standard InChI is InChI=1S/C16H15N5O/c17-9-12-5-6-15(19-10-12)20-14-4-2-8-21(16(14)22)13-3-1-7-18-11-13/h1,3,5-7,10-11,14H,2,4,8H2,(H,19,20). The number of aromatic nitrogens is 2. The van der Waals surface area contributed by atoms with Crippen molar-refractivity contribution in [2.24, 2.45) is 0 Å². The summed E-state index contributed by atoms with van der Waals surface area (Å²) in [7, 11) is 0. The first kappa shape index (κ1) is 14.0. The highest BCUT2D eigenvalue weighted by Crippen LogP contribution is 2.21. The minimum atomic E-state index is -0.311. The fourth-order valence-electron chi connectivity index (χ4n) is 2.50. The molecule has 110 valence electrons. The molecule has 1 amide bonds. The van der Waals surface area contributed by atoms with Gasteiger partial charge in [0.15, 0.2) is 0 Å². The molecule has 1 atom stereocenters. The van der Waals surface area contributed by atoms with Gasteiger partial charge in [-0.15, -0.1) is 0 Å². The van der Waals surface area contributed by atoms with Gasteiger partial charge >= 0.3 is 0 Å². The Kier molecular flexibility index (Phi) is 3.97. The van der Waals surface area contributed by atoms with Gasteiger partial charge in [0, 0.05) is 18.9 Å². The predicted molar refractivity (Wildman–Crippen MR) is 82.2 cm³/mol. The highest BCUT2D eigenvalue weighted by atomic mass is 16.2. The highest BCUT2D eigenvalue weighted by Gasteiger charge is 2.29. The van der Waals surface area contributed by atoms with Gasteiger partial charge in [0.2, 0.25) is 5.91 Å². The van der Waals surface area contributed by atoms with Crippen LogP contribution in [0.2, 0.25) is 0 Å². The number of piperidine rings is 1. The smallest absolute Gasteiger partial charge is 0.249 e. The van der Waals surface area contributed by atoms with Crippen LogP contribution in [0, 0.1) is 11.3 Å². The van der Waals surface area contributed by atoms with Gasteiger partial charge in [-0.1, -0.05) is 0 Å². The number of rotatable bonds is 3. The number of hydrogen-bond donors (Lipinski definition) is 1. The number of nitriles is 1. The third kappa shape index (κ3) is 2.88. The molecule has 2 aromatic rings. The van der Waals surface area contributed by atoms with Crippen molar-refractivity contribution in [3.63, 3.8) is 0 Å². The first-order valence-corrected chi connectivity index (χ1v) is 7.12. The van der Waals surface area contributed by atoms with E-state index in [1.54, 1.807) is 29.4 Å². The van der Waals surface area contributed by atoms with E-state index in [2.05, 4.69) is 15.3 Å². The van der Waals surface area contributed by atoms with Crippen LogP contribution in [0.25, 0.3) is 0 Å². The number of anilines is 2. The normalized spacial score (nSPS) is 17.9. The molecule has 0 aliphatic carbocycles. The monoisotopic (exact) mass is 293 g/mol. The summed E-state index contributed by atoms with van der Waals surface area (Å²) in [5, 5.41) is 11.9. The van der Waals surface area contributed by atoms with Crippen LogP contribution >= 0.6 is 0 Å². The Morgan fingerprint density at radius 3 is 2.91 bits per heavy atom. The molecule has 2 aromatic heterocycles. The molecule has 0 bridgehead atoms. The van der Waals surface area contributed by atoms with Gasteiger partial charge in [0.25, 0.3) is 0 Å². The van der Waals surface area contributed by atoms with Crippen LogP contribution in [0.15, 0.2) is 42.9 Å². The Hall–Kier alpha value is -2.94. The minimum Gasteiger partial charge on any atom is -0.358 e. The maximum absolute atomic E-state index is 12.6. The molecule has 22 heavy (non-hydrogen) atoms. The summed E-state index contributed by atoms with van der Waals surface area (Å²) in [6, 6.07) is 8.81. The van der Waals surface area contributed by atoms with Crippen molar-refractivity contribution in [1.82, 2.24) is 9.97 Å². The van der Waals surface area contributed by atoms with Gasteiger partial charge in [-0.05, 0) is 37.1 Å². The molecule has 1 aliphatic heterocycles. The lowest BCUT2D eigenvalue weighted by Gasteiger charge is -2.32. The third-order valence-corrected chi connectivity index (χ3v) is 3.61. The number of pyridine rings is 2. The highest BCUT2D eigenvalue weighted by molar-refractivity contribution is 5.99. The van der Waals surface area contributed by atoms with E-state index in [1.807, 2.05) is 18.2 Å². The number of amides is 1. The summed E-state index contributed by atoms with van der Waals surface area (Å²) in [6.07, 6.45) is 6.55. The summed E-state index contributed by atoms with van der Waals surface area (Å²) in [6.45, 7) is 0.698. The molecule has 1 saturated heterocycles. The second-order valence-corrected chi connectivity index (χ2v) is 5.08. The van der Waals surface area contributed by atoms with E-state index in [1.165, 1.54) is 6.20 Å². The number of hydrogen-bond acceptors (Lipinski definition) is 5. The van der Waals surface area contributed by atoms with Crippen molar-refractivity contribution in [1.29, 1.82) is 5.26 Å². The van der Waals surface area contributed by atoms with Crippen LogP contribution in [0.3, 0.4) is 0 Å². The van der Waals surface area contributed by atoms with E-state index in [-0.39, 0.29) is 11.9 Å². The zero-order valence-corrected chi connectivity index (χ0v) is 11.9. The van der Waals surface area contributed by atoms with E-state index >= 15 is 0 Å². The topological polar surface area (TPSA) is 81.9 Å². The minimum absolute atomic E-state index is 0.0189. The summed E-state index contributed by atoms with van der Waals surface area (Å²) in [5.74, 6) is 0.621.